The topological polar surface area (TPSA) is 43.8 Å². The molecular weight excluding hydrogens is 233 g/mol. The first-order valence-electron chi connectivity index (χ1n) is 4.44. The third-order valence-corrected chi connectivity index (χ3v) is 2.23. The maximum atomic E-state index is 5.54. The molecule has 2 heterocycles. The van der Waals surface area contributed by atoms with Crippen LogP contribution in [-0.4, -0.2) is 16.1 Å². The highest BCUT2D eigenvalue weighted by Gasteiger charge is 2.03. The Morgan fingerprint density at radius 1 is 1.40 bits per heavy atom. The Morgan fingerprint density at radius 3 is 2.80 bits per heavy atom. The Morgan fingerprint density at radius 2 is 2.13 bits per heavy atom. The van der Waals surface area contributed by atoms with Crippen molar-refractivity contribution < 1.29 is 0 Å². The molecule has 0 aliphatic rings. The fraction of sp³-hybridized carbons (Fsp3) is 0.300. The average Bonchev–Trinajstić information content (AvgIpc) is 2.44. The summed E-state index contributed by atoms with van der Waals surface area (Å²) in [6, 6.07) is 6.12. The van der Waals surface area contributed by atoms with Crippen LogP contribution >= 0.6 is 24.8 Å². The summed E-state index contributed by atoms with van der Waals surface area (Å²) in [5.74, 6) is 0. The minimum absolute atomic E-state index is 0. The Balaban J connectivity index is 0.000000980. The van der Waals surface area contributed by atoms with E-state index in [0.29, 0.717) is 6.54 Å². The summed E-state index contributed by atoms with van der Waals surface area (Å²) in [6.07, 6.45) is 1.81. The molecule has 2 aromatic heterocycles. The van der Waals surface area contributed by atoms with Crippen molar-refractivity contribution in [3.05, 3.63) is 30.1 Å². The zero-order chi connectivity index (χ0) is 9.26. The molecule has 0 fully saturated rings. The predicted octanol–water partition coefficient (Wildman–Crippen LogP) is 2.15. The minimum Gasteiger partial charge on any atom is -0.342 e. The SMILES string of the molecule is Cc1cc2ncccc2n1CCN.Cl.Cl. The Labute approximate surface area is 101 Å². The van der Waals surface area contributed by atoms with Gasteiger partial charge in [0.2, 0.25) is 0 Å². The van der Waals surface area contributed by atoms with E-state index < -0.39 is 0 Å². The molecule has 0 spiro atoms. The molecule has 0 aliphatic heterocycles. The second-order valence-corrected chi connectivity index (χ2v) is 3.13. The van der Waals surface area contributed by atoms with Gasteiger partial charge in [-0.25, -0.2) is 0 Å². The van der Waals surface area contributed by atoms with E-state index in [1.54, 1.807) is 0 Å². The molecule has 0 radical (unpaired) electrons. The van der Waals surface area contributed by atoms with E-state index in [4.69, 9.17) is 5.73 Å². The lowest BCUT2D eigenvalue weighted by Gasteiger charge is -2.04. The van der Waals surface area contributed by atoms with Gasteiger partial charge >= 0.3 is 0 Å². The van der Waals surface area contributed by atoms with Crippen molar-refractivity contribution in [1.29, 1.82) is 0 Å². The number of nitrogens with two attached hydrogens (primary N) is 1. The number of aryl methyl sites for hydroxylation is 1. The van der Waals surface area contributed by atoms with E-state index in [1.165, 1.54) is 11.2 Å². The lowest BCUT2D eigenvalue weighted by Crippen LogP contribution is -2.10. The van der Waals surface area contributed by atoms with E-state index in [1.807, 2.05) is 12.3 Å². The van der Waals surface area contributed by atoms with Crippen molar-refractivity contribution >= 4 is 35.8 Å². The number of nitrogens with zero attached hydrogens (tertiary/aromatic N) is 2. The van der Waals surface area contributed by atoms with Crippen molar-refractivity contribution in [2.45, 2.75) is 13.5 Å². The number of rotatable bonds is 2. The van der Waals surface area contributed by atoms with Gasteiger partial charge in [-0.1, -0.05) is 0 Å². The third kappa shape index (κ3) is 2.62. The minimum atomic E-state index is 0. The second-order valence-electron chi connectivity index (χ2n) is 3.13. The Bertz CT molecular complexity index is 426. The molecule has 0 bridgehead atoms. The summed E-state index contributed by atoms with van der Waals surface area (Å²) in [4.78, 5) is 4.28. The Kier molecular flexibility index (Phi) is 5.65. The fourth-order valence-electron chi connectivity index (χ4n) is 1.64. The van der Waals surface area contributed by atoms with Crippen LogP contribution in [0.3, 0.4) is 0 Å². The maximum absolute atomic E-state index is 5.54. The van der Waals surface area contributed by atoms with Gasteiger partial charge in [-0.15, -0.1) is 24.8 Å². The quantitative estimate of drug-likeness (QED) is 0.884. The second kappa shape index (κ2) is 5.95. The molecule has 0 saturated carbocycles. The van der Waals surface area contributed by atoms with E-state index in [9.17, 15) is 0 Å². The highest BCUT2D eigenvalue weighted by Crippen LogP contribution is 2.16. The summed E-state index contributed by atoms with van der Waals surface area (Å²) >= 11 is 0. The van der Waals surface area contributed by atoms with Crippen molar-refractivity contribution in [1.82, 2.24) is 9.55 Å². The first-order valence-corrected chi connectivity index (χ1v) is 4.44. The number of hydrogen-bond acceptors (Lipinski definition) is 2. The van der Waals surface area contributed by atoms with Gasteiger partial charge < -0.3 is 10.3 Å². The van der Waals surface area contributed by atoms with Gasteiger partial charge in [0.25, 0.3) is 0 Å². The summed E-state index contributed by atoms with van der Waals surface area (Å²) in [5, 5.41) is 0. The first kappa shape index (κ1) is 14.2. The van der Waals surface area contributed by atoms with Crippen LogP contribution in [0, 0.1) is 6.92 Å². The average molecular weight is 248 g/mol. The number of halogens is 2. The lowest BCUT2D eigenvalue weighted by molar-refractivity contribution is 0.715. The van der Waals surface area contributed by atoms with Gasteiger partial charge in [-0.05, 0) is 25.1 Å². The molecule has 0 aliphatic carbocycles. The molecule has 5 heteroatoms. The van der Waals surface area contributed by atoms with E-state index >= 15 is 0 Å². The largest absolute Gasteiger partial charge is 0.342 e. The molecule has 15 heavy (non-hydrogen) atoms. The highest BCUT2D eigenvalue weighted by atomic mass is 35.5. The van der Waals surface area contributed by atoms with Gasteiger partial charge in [-0.2, -0.15) is 0 Å². The summed E-state index contributed by atoms with van der Waals surface area (Å²) in [5.41, 5.74) is 8.98. The zero-order valence-electron chi connectivity index (χ0n) is 8.51. The molecule has 3 nitrogen and oxygen atoms in total. The molecule has 0 amide bonds. The number of aromatic nitrogens is 2. The predicted molar refractivity (Wildman–Crippen MR) is 68.0 cm³/mol. The zero-order valence-corrected chi connectivity index (χ0v) is 10.1. The van der Waals surface area contributed by atoms with Gasteiger partial charge in [0.1, 0.15) is 0 Å². The number of pyridine rings is 1. The molecule has 0 aromatic carbocycles. The van der Waals surface area contributed by atoms with E-state index in [-0.39, 0.29) is 24.8 Å². The molecular formula is C10H15Cl2N3. The molecule has 84 valence electrons. The Hall–Kier alpha value is -0.770. The van der Waals surface area contributed by atoms with Crippen LogP contribution in [0.4, 0.5) is 0 Å². The summed E-state index contributed by atoms with van der Waals surface area (Å²) in [7, 11) is 0. The smallest absolute Gasteiger partial charge is 0.0883 e. The highest BCUT2D eigenvalue weighted by molar-refractivity contribution is 5.85. The van der Waals surface area contributed by atoms with Crippen LogP contribution in [0.2, 0.25) is 0 Å². The monoisotopic (exact) mass is 247 g/mol. The van der Waals surface area contributed by atoms with Crippen LogP contribution in [0.5, 0.6) is 0 Å². The number of fused-ring (bicyclic) bond motifs is 1. The van der Waals surface area contributed by atoms with Gasteiger partial charge in [0.05, 0.1) is 11.0 Å². The fourth-order valence-corrected chi connectivity index (χ4v) is 1.64. The van der Waals surface area contributed by atoms with Crippen LogP contribution in [0.15, 0.2) is 24.4 Å². The third-order valence-electron chi connectivity index (χ3n) is 2.23. The van der Waals surface area contributed by atoms with Gasteiger partial charge in [0, 0.05) is 25.0 Å². The van der Waals surface area contributed by atoms with E-state index in [0.717, 1.165) is 12.1 Å². The normalized spacial score (nSPS) is 9.47. The van der Waals surface area contributed by atoms with E-state index in [2.05, 4.69) is 28.6 Å². The van der Waals surface area contributed by atoms with Crippen molar-refractivity contribution in [3.63, 3.8) is 0 Å². The van der Waals surface area contributed by atoms with Crippen molar-refractivity contribution in [2.24, 2.45) is 5.73 Å². The summed E-state index contributed by atoms with van der Waals surface area (Å²) in [6.45, 7) is 3.61. The van der Waals surface area contributed by atoms with Gasteiger partial charge in [0.15, 0.2) is 0 Å². The molecule has 0 saturated heterocycles. The number of hydrogen-bond donors (Lipinski definition) is 1. The molecule has 0 unspecified atom stereocenters. The molecule has 2 N–H and O–H groups in total. The van der Waals surface area contributed by atoms with Crippen molar-refractivity contribution in [3.8, 4) is 0 Å². The standard InChI is InChI=1S/C10H13N3.2ClH/c1-8-7-9-10(3-2-5-12-9)13(8)6-4-11;;/h2-3,5,7H,4,6,11H2,1H3;2*1H. The van der Waals surface area contributed by atoms with Crippen molar-refractivity contribution in [2.75, 3.05) is 6.54 Å². The molecule has 0 atom stereocenters. The first-order chi connectivity index (χ1) is 6.33. The van der Waals surface area contributed by atoms with Crippen LogP contribution in [0.1, 0.15) is 5.69 Å². The van der Waals surface area contributed by atoms with Crippen LogP contribution < -0.4 is 5.73 Å². The maximum Gasteiger partial charge on any atom is 0.0883 e. The van der Waals surface area contributed by atoms with Gasteiger partial charge in [-0.3, -0.25) is 4.98 Å². The van der Waals surface area contributed by atoms with Crippen LogP contribution in [0.25, 0.3) is 11.0 Å². The molecule has 2 rings (SSSR count). The molecule has 2 aromatic rings. The lowest BCUT2D eigenvalue weighted by atomic mass is 10.4. The van der Waals surface area contributed by atoms with Crippen LogP contribution in [-0.2, 0) is 6.54 Å². The summed E-state index contributed by atoms with van der Waals surface area (Å²) < 4.78 is 2.20.